The van der Waals surface area contributed by atoms with E-state index in [1.54, 1.807) is 0 Å². The molecule has 3 heteroatoms. The highest BCUT2D eigenvalue weighted by molar-refractivity contribution is 5.28. The maximum absolute atomic E-state index is 10.3. The summed E-state index contributed by atoms with van der Waals surface area (Å²) in [5.74, 6) is 0. The van der Waals surface area contributed by atoms with Gasteiger partial charge in [-0.2, -0.15) is 0 Å². The molecule has 0 saturated carbocycles. The van der Waals surface area contributed by atoms with E-state index in [0.717, 1.165) is 44.5 Å². The van der Waals surface area contributed by atoms with E-state index in [1.807, 2.05) is 0 Å². The van der Waals surface area contributed by atoms with Crippen molar-refractivity contribution in [3.63, 3.8) is 0 Å². The Hall–Kier alpha value is -0.900. The van der Waals surface area contributed by atoms with Crippen LogP contribution in [0.15, 0.2) is 24.3 Å². The third-order valence-electron chi connectivity index (χ3n) is 4.51. The van der Waals surface area contributed by atoms with Gasteiger partial charge < -0.3 is 15.7 Å². The van der Waals surface area contributed by atoms with E-state index in [9.17, 15) is 5.11 Å². The topological polar surface area (TPSA) is 49.5 Å². The first-order valence-corrected chi connectivity index (χ1v) is 8.13. The minimum atomic E-state index is -0.366. The molecule has 0 bridgehead atoms. The molecule has 1 heterocycles. The second kappa shape index (κ2) is 6.91. The number of rotatable bonds is 4. The van der Waals surface area contributed by atoms with Crippen LogP contribution in [-0.4, -0.2) is 35.7 Å². The summed E-state index contributed by atoms with van der Waals surface area (Å²) in [7, 11) is 0. The van der Waals surface area contributed by atoms with Crippen LogP contribution in [0.3, 0.4) is 0 Å². The van der Waals surface area contributed by atoms with Crippen LogP contribution in [0.25, 0.3) is 0 Å². The Kier molecular flexibility index (Phi) is 5.42. The highest BCUT2D eigenvalue weighted by atomic mass is 16.3. The molecule has 1 saturated heterocycles. The summed E-state index contributed by atoms with van der Waals surface area (Å²) in [4.78, 5) is 2.41. The average molecular weight is 290 g/mol. The summed E-state index contributed by atoms with van der Waals surface area (Å²) in [6.45, 7) is 9.71. The number of nitrogens with zero attached hydrogens (tertiary/aromatic N) is 1. The van der Waals surface area contributed by atoms with Gasteiger partial charge in [0, 0.05) is 12.6 Å². The Labute approximate surface area is 129 Å². The number of piperidine rings is 1. The first-order valence-electron chi connectivity index (χ1n) is 8.13. The zero-order valence-corrected chi connectivity index (χ0v) is 13.7. The summed E-state index contributed by atoms with van der Waals surface area (Å²) in [5, 5.41) is 10.3. The number of hydrogen-bond acceptors (Lipinski definition) is 3. The zero-order chi connectivity index (χ0) is 15.5. The molecule has 118 valence electrons. The van der Waals surface area contributed by atoms with E-state index in [-0.39, 0.29) is 11.5 Å². The minimum Gasteiger partial charge on any atom is -0.388 e. The van der Waals surface area contributed by atoms with Crippen molar-refractivity contribution >= 4 is 0 Å². The summed E-state index contributed by atoms with van der Waals surface area (Å²) in [5.41, 5.74) is 8.41. The van der Waals surface area contributed by atoms with Crippen LogP contribution in [-0.2, 0) is 5.41 Å². The lowest BCUT2D eigenvalue weighted by Gasteiger charge is -2.30. The third-order valence-corrected chi connectivity index (χ3v) is 4.51. The largest absolute Gasteiger partial charge is 0.388 e. The monoisotopic (exact) mass is 290 g/mol. The Bertz CT molecular complexity index is 428. The molecule has 21 heavy (non-hydrogen) atoms. The minimum absolute atomic E-state index is 0.163. The standard InChI is InChI=1S/C18H30N2O/c1-18(2,3)15-6-4-14(5-7-15)17(21)10-13-20-11-8-16(19)9-12-20/h4-7,16-17,21H,8-13,19H2,1-3H3. The number of benzene rings is 1. The van der Waals surface area contributed by atoms with Gasteiger partial charge in [0.15, 0.2) is 0 Å². The molecular weight excluding hydrogens is 260 g/mol. The summed E-state index contributed by atoms with van der Waals surface area (Å²) >= 11 is 0. The van der Waals surface area contributed by atoms with Crippen molar-refractivity contribution in [2.75, 3.05) is 19.6 Å². The molecule has 0 spiro atoms. The summed E-state index contributed by atoms with van der Waals surface area (Å²) in [6.07, 6.45) is 2.59. The predicted octanol–water partition coefficient (Wildman–Crippen LogP) is 2.83. The number of aliphatic hydroxyl groups is 1. The maximum Gasteiger partial charge on any atom is 0.0802 e. The first kappa shape index (κ1) is 16.5. The smallest absolute Gasteiger partial charge is 0.0802 e. The Morgan fingerprint density at radius 1 is 1.19 bits per heavy atom. The van der Waals surface area contributed by atoms with E-state index in [0.29, 0.717) is 6.04 Å². The molecule has 3 nitrogen and oxygen atoms in total. The molecule has 2 rings (SSSR count). The van der Waals surface area contributed by atoms with Gasteiger partial charge in [-0.1, -0.05) is 45.0 Å². The highest BCUT2D eigenvalue weighted by Gasteiger charge is 2.18. The molecule has 0 amide bonds. The van der Waals surface area contributed by atoms with Gasteiger partial charge in [0.1, 0.15) is 0 Å². The Morgan fingerprint density at radius 3 is 2.29 bits per heavy atom. The maximum atomic E-state index is 10.3. The predicted molar refractivity (Wildman–Crippen MR) is 88.4 cm³/mol. The number of nitrogens with two attached hydrogens (primary N) is 1. The molecule has 1 aliphatic heterocycles. The van der Waals surface area contributed by atoms with Crippen LogP contribution in [0.5, 0.6) is 0 Å². The SMILES string of the molecule is CC(C)(C)c1ccc(C(O)CCN2CCC(N)CC2)cc1. The lowest BCUT2D eigenvalue weighted by atomic mass is 9.86. The molecule has 1 aromatic carbocycles. The van der Waals surface area contributed by atoms with Gasteiger partial charge in [0.2, 0.25) is 0 Å². The van der Waals surface area contributed by atoms with E-state index in [2.05, 4.69) is 49.9 Å². The van der Waals surface area contributed by atoms with Crippen LogP contribution in [0.1, 0.15) is 57.3 Å². The van der Waals surface area contributed by atoms with Gasteiger partial charge in [0.25, 0.3) is 0 Å². The molecule has 1 fully saturated rings. The molecule has 0 radical (unpaired) electrons. The molecule has 1 aromatic rings. The Balaban J connectivity index is 1.84. The second-order valence-electron chi connectivity index (χ2n) is 7.36. The molecule has 1 aliphatic rings. The highest BCUT2D eigenvalue weighted by Crippen LogP contribution is 2.25. The van der Waals surface area contributed by atoms with E-state index >= 15 is 0 Å². The zero-order valence-electron chi connectivity index (χ0n) is 13.7. The van der Waals surface area contributed by atoms with Crippen molar-refractivity contribution < 1.29 is 5.11 Å². The van der Waals surface area contributed by atoms with Crippen LogP contribution in [0.2, 0.25) is 0 Å². The van der Waals surface area contributed by atoms with Crippen LogP contribution in [0.4, 0.5) is 0 Å². The number of hydrogen-bond donors (Lipinski definition) is 2. The lowest BCUT2D eigenvalue weighted by Crippen LogP contribution is -2.40. The normalized spacial score (nSPS) is 19.7. The van der Waals surface area contributed by atoms with Gasteiger partial charge in [0.05, 0.1) is 6.10 Å². The van der Waals surface area contributed by atoms with Gasteiger partial charge >= 0.3 is 0 Å². The van der Waals surface area contributed by atoms with Crippen LogP contribution in [0, 0.1) is 0 Å². The van der Waals surface area contributed by atoms with Crippen LogP contribution >= 0.6 is 0 Å². The van der Waals surface area contributed by atoms with Gasteiger partial charge in [-0.3, -0.25) is 0 Å². The number of likely N-dealkylation sites (tertiary alicyclic amines) is 1. The van der Waals surface area contributed by atoms with Crippen molar-refractivity contribution in [2.24, 2.45) is 5.73 Å². The molecule has 3 N–H and O–H groups in total. The van der Waals surface area contributed by atoms with E-state index < -0.39 is 0 Å². The Morgan fingerprint density at radius 2 is 1.76 bits per heavy atom. The lowest BCUT2D eigenvalue weighted by molar-refractivity contribution is 0.131. The van der Waals surface area contributed by atoms with Gasteiger partial charge in [-0.05, 0) is 48.9 Å². The van der Waals surface area contributed by atoms with Crippen molar-refractivity contribution in [1.29, 1.82) is 0 Å². The quantitative estimate of drug-likeness (QED) is 0.896. The van der Waals surface area contributed by atoms with Crippen molar-refractivity contribution in [1.82, 2.24) is 4.90 Å². The summed E-state index contributed by atoms with van der Waals surface area (Å²) in [6, 6.07) is 8.78. The second-order valence-corrected chi connectivity index (χ2v) is 7.36. The van der Waals surface area contributed by atoms with Crippen molar-refractivity contribution in [2.45, 2.75) is 57.6 Å². The first-order chi connectivity index (χ1) is 9.86. The van der Waals surface area contributed by atoms with E-state index in [1.165, 1.54) is 5.56 Å². The fourth-order valence-electron chi connectivity index (χ4n) is 2.85. The van der Waals surface area contributed by atoms with Crippen molar-refractivity contribution in [3.05, 3.63) is 35.4 Å². The fourth-order valence-corrected chi connectivity index (χ4v) is 2.85. The average Bonchev–Trinajstić information content (AvgIpc) is 2.45. The fraction of sp³-hybridized carbons (Fsp3) is 0.667. The molecule has 1 atom stereocenters. The van der Waals surface area contributed by atoms with Crippen molar-refractivity contribution in [3.8, 4) is 0 Å². The van der Waals surface area contributed by atoms with Gasteiger partial charge in [-0.15, -0.1) is 0 Å². The molecular formula is C18H30N2O. The third kappa shape index (κ3) is 4.80. The summed E-state index contributed by atoms with van der Waals surface area (Å²) < 4.78 is 0. The number of aliphatic hydroxyl groups excluding tert-OH is 1. The molecule has 1 unspecified atom stereocenters. The van der Waals surface area contributed by atoms with E-state index in [4.69, 9.17) is 5.73 Å². The molecule has 0 aliphatic carbocycles. The molecule has 0 aromatic heterocycles. The van der Waals surface area contributed by atoms with Crippen LogP contribution < -0.4 is 5.73 Å². The van der Waals surface area contributed by atoms with Gasteiger partial charge in [-0.25, -0.2) is 0 Å².